The van der Waals surface area contributed by atoms with Gasteiger partial charge >= 0.3 is 5.97 Å². The van der Waals surface area contributed by atoms with Crippen molar-refractivity contribution in [3.63, 3.8) is 0 Å². The second-order valence-electron chi connectivity index (χ2n) is 6.23. The summed E-state index contributed by atoms with van der Waals surface area (Å²) in [6.07, 6.45) is 3.85. The van der Waals surface area contributed by atoms with Crippen molar-refractivity contribution in [1.29, 1.82) is 0 Å². The third-order valence-corrected chi connectivity index (χ3v) is 3.79. The van der Waals surface area contributed by atoms with Gasteiger partial charge in [-0.05, 0) is 49.1 Å². The molecule has 0 aromatic heterocycles. The Morgan fingerprint density at radius 1 is 1.04 bits per heavy atom. The predicted octanol–water partition coefficient (Wildman–Crippen LogP) is 5.80. The van der Waals surface area contributed by atoms with Crippen LogP contribution in [0.5, 0.6) is 17.2 Å². The number of ether oxygens (including phenoxy) is 1. The Kier molecular flexibility index (Phi) is 7.27. The second-order valence-corrected chi connectivity index (χ2v) is 6.23. The lowest BCUT2D eigenvalue weighted by Crippen LogP contribution is -2.09. The lowest BCUT2D eigenvalue weighted by Gasteiger charge is -2.15. The van der Waals surface area contributed by atoms with E-state index < -0.39 is 5.97 Å². The minimum absolute atomic E-state index is 0.268. The van der Waals surface area contributed by atoms with Crippen LogP contribution in [0.3, 0.4) is 0 Å². The summed E-state index contributed by atoms with van der Waals surface area (Å²) < 4.78 is 6.13. The zero-order chi connectivity index (χ0) is 18.9. The SMILES string of the molecule is C=C(C)C(=O)OOc1cccc(CCC)c1Oc1cccc(CCC)c1. The number of carbonyl (C=O) groups is 1. The molecule has 0 atom stereocenters. The molecule has 4 nitrogen and oxygen atoms in total. The average molecular weight is 354 g/mol. The van der Waals surface area contributed by atoms with Crippen LogP contribution in [-0.2, 0) is 22.5 Å². The van der Waals surface area contributed by atoms with Crippen molar-refractivity contribution in [2.45, 2.75) is 46.5 Å². The minimum atomic E-state index is -0.609. The number of para-hydroxylation sites is 1. The number of aryl methyl sites for hydroxylation is 2. The van der Waals surface area contributed by atoms with Gasteiger partial charge in [-0.3, -0.25) is 4.89 Å². The van der Waals surface area contributed by atoms with E-state index in [1.807, 2.05) is 30.3 Å². The molecule has 0 amide bonds. The highest BCUT2D eigenvalue weighted by Gasteiger charge is 2.15. The van der Waals surface area contributed by atoms with E-state index in [-0.39, 0.29) is 5.57 Å². The zero-order valence-corrected chi connectivity index (χ0v) is 15.7. The summed E-state index contributed by atoms with van der Waals surface area (Å²) in [6.45, 7) is 9.35. The standard InChI is InChI=1S/C22H26O4/c1-5-9-17-11-7-13-19(15-17)24-21-18(10-6-2)12-8-14-20(21)25-26-22(23)16(3)4/h7-8,11-15H,3,5-6,9-10H2,1-2,4H3. The normalized spacial score (nSPS) is 10.3. The largest absolute Gasteiger partial charge is 0.453 e. The minimum Gasteiger partial charge on any atom is -0.453 e. The summed E-state index contributed by atoms with van der Waals surface area (Å²) in [5, 5.41) is 0. The first-order valence-electron chi connectivity index (χ1n) is 8.98. The molecule has 0 saturated heterocycles. The van der Waals surface area contributed by atoms with Gasteiger partial charge in [-0.25, -0.2) is 9.68 Å². The lowest BCUT2D eigenvalue weighted by atomic mass is 10.1. The smallest absolute Gasteiger partial charge is 0.381 e. The molecule has 4 heteroatoms. The highest BCUT2D eigenvalue weighted by atomic mass is 17.2. The van der Waals surface area contributed by atoms with Gasteiger partial charge in [0.25, 0.3) is 0 Å². The first-order chi connectivity index (χ1) is 12.5. The molecule has 2 rings (SSSR count). The Bertz CT molecular complexity index is 764. The van der Waals surface area contributed by atoms with Gasteiger partial charge in [0.05, 0.1) is 0 Å². The Balaban J connectivity index is 2.30. The molecule has 0 heterocycles. The van der Waals surface area contributed by atoms with Gasteiger partial charge in [0, 0.05) is 5.57 Å². The average Bonchev–Trinajstić information content (AvgIpc) is 2.62. The fraction of sp³-hybridized carbons (Fsp3) is 0.318. The summed E-state index contributed by atoms with van der Waals surface area (Å²) >= 11 is 0. The van der Waals surface area contributed by atoms with Crippen LogP contribution in [-0.4, -0.2) is 5.97 Å². The van der Waals surface area contributed by atoms with Crippen LogP contribution in [0, 0.1) is 0 Å². The molecular formula is C22H26O4. The molecule has 2 aromatic rings. The van der Waals surface area contributed by atoms with Gasteiger partial charge in [-0.1, -0.05) is 57.5 Å². The molecule has 0 fully saturated rings. The number of carbonyl (C=O) groups excluding carboxylic acids is 1. The van der Waals surface area contributed by atoms with E-state index in [0.717, 1.165) is 37.0 Å². The van der Waals surface area contributed by atoms with E-state index in [9.17, 15) is 4.79 Å². The van der Waals surface area contributed by atoms with Crippen LogP contribution in [0.4, 0.5) is 0 Å². The van der Waals surface area contributed by atoms with E-state index in [4.69, 9.17) is 14.5 Å². The summed E-state index contributed by atoms with van der Waals surface area (Å²) in [4.78, 5) is 21.7. The van der Waals surface area contributed by atoms with Crippen LogP contribution in [0.2, 0.25) is 0 Å². The fourth-order valence-electron chi connectivity index (χ4n) is 2.53. The third kappa shape index (κ3) is 5.38. The maximum Gasteiger partial charge on any atom is 0.381 e. The quantitative estimate of drug-likeness (QED) is 0.324. The van der Waals surface area contributed by atoms with Crippen LogP contribution in [0.1, 0.15) is 44.7 Å². The highest BCUT2D eigenvalue weighted by Crippen LogP contribution is 2.36. The maximum absolute atomic E-state index is 11.6. The maximum atomic E-state index is 11.6. The monoisotopic (exact) mass is 354 g/mol. The molecule has 2 aromatic carbocycles. The first kappa shape index (κ1) is 19.6. The summed E-state index contributed by atoms with van der Waals surface area (Å²) in [5.74, 6) is 1.06. The van der Waals surface area contributed by atoms with Gasteiger partial charge in [-0.2, -0.15) is 0 Å². The fourth-order valence-corrected chi connectivity index (χ4v) is 2.53. The van der Waals surface area contributed by atoms with E-state index in [2.05, 4.69) is 26.5 Å². The van der Waals surface area contributed by atoms with Crippen LogP contribution in [0.25, 0.3) is 0 Å². The highest BCUT2D eigenvalue weighted by molar-refractivity contribution is 5.86. The molecule has 0 N–H and O–H groups in total. The summed E-state index contributed by atoms with van der Waals surface area (Å²) in [5.41, 5.74) is 2.48. The van der Waals surface area contributed by atoms with Crippen LogP contribution >= 0.6 is 0 Å². The molecule has 0 bridgehead atoms. The second kappa shape index (κ2) is 9.66. The molecule has 26 heavy (non-hydrogen) atoms. The number of benzene rings is 2. The molecule has 0 aliphatic carbocycles. The third-order valence-electron chi connectivity index (χ3n) is 3.79. The van der Waals surface area contributed by atoms with Crippen molar-refractivity contribution >= 4 is 5.97 Å². The van der Waals surface area contributed by atoms with E-state index in [1.54, 1.807) is 13.0 Å². The first-order valence-corrected chi connectivity index (χ1v) is 8.98. The molecule has 0 saturated carbocycles. The molecule has 0 radical (unpaired) electrons. The van der Waals surface area contributed by atoms with Crippen LogP contribution in [0.15, 0.2) is 54.6 Å². The molecule has 0 aliphatic heterocycles. The van der Waals surface area contributed by atoms with Gasteiger partial charge in [-0.15, -0.1) is 0 Å². The lowest BCUT2D eigenvalue weighted by molar-refractivity contribution is -0.208. The van der Waals surface area contributed by atoms with Gasteiger partial charge in [0.15, 0.2) is 5.75 Å². The summed E-state index contributed by atoms with van der Waals surface area (Å²) in [7, 11) is 0. The van der Waals surface area contributed by atoms with Crippen molar-refractivity contribution < 1.29 is 19.3 Å². The van der Waals surface area contributed by atoms with E-state index in [0.29, 0.717) is 11.5 Å². The predicted molar refractivity (Wildman–Crippen MR) is 102 cm³/mol. The van der Waals surface area contributed by atoms with E-state index >= 15 is 0 Å². The van der Waals surface area contributed by atoms with E-state index in [1.165, 1.54) is 5.56 Å². The van der Waals surface area contributed by atoms with Crippen molar-refractivity contribution in [2.24, 2.45) is 0 Å². The van der Waals surface area contributed by atoms with Crippen molar-refractivity contribution in [2.75, 3.05) is 0 Å². The van der Waals surface area contributed by atoms with Gasteiger partial charge in [0.2, 0.25) is 5.75 Å². The Labute approximate surface area is 155 Å². The molecule has 0 unspecified atom stereocenters. The molecule has 0 aliphatic rings. The van der Waals surface area contributed by atoms with Gasteiger partial charge < -0.3 is 4.74 Å². The molecule has 0 spiro atoms. The molecular weight excluding hydrogens is 328 g/mol. The van der Waals surface area contributed by atoms with Crippen molar-refractivity contribution in [3.05, 3.63) is 65.7 Å². The number of hydrogen-bond donors (Lipinski definition) is 0. The number of hydrogen-bond acceptors (Lipinski definition) is 4. The Hall–Kier alpha value is -2.75. The summed E-state index contributed by atoms with van der Waals surface area (Å²) in [6, 6.07) is 13.6. The molecule has 138 valence electrons. The zero-order valence-electron chi connectivity index (χ0n) is 15.7. The Morgan fingerprint density at radius 3 is 2.46 bits per heavy atom. The Morgan fingerprint density at radius 2 is 1.77 bits per heavy atom. The van der Waals surface area contributed by atoms with Gasteiger partial charge in [0.1, 0.15) is 5.75 Å². The number of rotatable bonds is 9. The van der Waals surface area contributed by atoms with Crippen LogP contribution < -0.4 is 9.62 Å². The topological polar surface area (TPSA) is 44.8 Å². The van der Waals surface area contributed by atoms with Crippen molar-refractivity contribution in [3.8, 4) is 17.2 Å². The van der Waals surface area contributed by atoms with Crippen molar-refractivity contribution in [1.82, 2.24) is 0 Å².